The SMILES string of the molecule is CN(C)CC1CC(O)CN1C(=O)[C@H](N)Cc1ccccc1. The van der Waals surface area contributed by atoms with Gasteiger partial charge in [-0.25, -0.2) is 0 Å². The molecule has 1 fully saturated rings. The van der Waals surface area contributed by atoms with Crippen LogP contribution in [-0.4, -0.2) is 66.2 Å². The first-order valence-corrected chi connectivity index (χ1v) is 7.40. The Morgan fingerprint density at radius 3 is 2.71 bits per heavy atom. The summed E-state index contributed by atoms with van der Waals surface area (Å²) in [6, 6.07) is 9.28. The van der Waals surface area contributed by atoms with Gasteiger partial charge in [-0.15, -0.1) is 0 Å². The van der Waals surface area contributed by atoms with Gasteiger partial charge in [0.1, 0.15) is 0 Å². The largest absolute Gasteiger partial charge is 0.391 e. The second-order valence-corrected chi connectivity index (χ2v) is 6.09. The van der Waals surface area contributed by atoms with Gasteiger partial charge in [0.05, 0.1) is 12.1 Å². The van der Waals surface area contributed by atoms with Gasteiger partial charge < -0.3 is 20.6 Å². The van der Waals surface area contributed by atoms with Crippen LogP contribution in [0.1, 0.15) is 12.0 Å². The number of aliphatic hydroxyl groups excluding tert-OH is 1. The zero-order valence-electron chi connectivity index (χ0n) is 12.8. The molecule has 1 aromatic carbocycles. The summed E-state index contributed by atoms with van der Waals surface area (Å²) < 4.78 is 0. The lowest BCUT2D eigenvalue weighted by atomic mass is 10.1. The maximum atomic E-state index is 12.6. The predicted octanol–water partition coefficient (Wildman–Crippen LogP) is 0.0798. The summed E-state index contributed by atoms with van der Waals surface area (Å²) in [6.07, 6.45) is 0.714. The summed E-state index contributed by atoms with van der Waals surface area (Å²) in [5.74, 6) is -0.0674. The molecular formula is C16H25N3O2. The molecule has 1 amide bonds. The highest BCUT2D eigenvalue weighted by Crippen LogP contribution is 2.20. The minimum atomic E-state index is -0.553. The first-order chi connectivity index (χ1) is 9.97. The van der Waals surface area contributed by atoms with Crippen LogP contribution in [0.4, 0.5) is 0 Å². The highest BCUT2D eigenvalue weighted by molar-refractivity contribution is 5.82. The van der Waals surface area contributed by atoms with E-state index in [-0.39, 0.29) is 11.9 Å². The van der Waals surface area contributed by atoms with Gasteiger partial charge in [0.15, 0.2) is 0 Å². The Balaban J connectivity index is 2.00. The van der Waals surface area contributed by atoms with E-state index in [0.29, 0.717) is 19.4 Å². The standard InChI is InChI=1S/C16H25N3O2/c1-18(2)10-13-9-14(20)11-19(13)16(21)15(17)8-12-6-4-3-5-7-12/h3-7,13-15,20H,8-11,17H2,1-2H3/t13?,14?,15-/m1/s1. The molecule has 1 aromatic rings. The molecule has 2 unspecified atom stereocenters. The normalized spacial score (nSPS) is 23.6. The second kappa shape index (κ2) is 7.02. The topological polar surface area (TPSA) is 69.8 Å². The molecule has 5 heteroatoms. The smallest absolute Gasteiger partial charge is 0.240 e. The Hall–Kier alpha value is -1.43. The van der Waals surface area contributed by atoms with Crippen LogP contribution >= 0.6 is 0 Å². The van der Waals surface area contributed by atoms with Crippen molar-refractivity contribution in [3.05, 3.63) is 35.9 Å². The molecule has 116 valence electrons. The quantitative estimate of drug-likeness (QED) is 0.806. The molecule has 0 aromatic heterocycles. The number of β-amino-alcohol motifs (C(OH)–C–C–N with tert-alkyl or cyclic N) is 1. The zero-order valence-corrected chi connectivity index (χ0v) is 12.8. The van der Waals surface area contributed by atoms with Crippen LogP contribution in [0.3, 0.4) is 0 Å². The average molecular weight is 291 g/mol. The number of aliphatic hydroxyl groups is 1. The molecule has 0 aliphatic carbocycles. The van der Waals surface area contributed by atoms with E-state index >= 15 is 0 Å². The van der Waals surface area contributed by atoms with Crippen LogP contribution in [0.25, 0.3) is 0 Å². The molecule has 3 N–H and O–H groups in total. The monoisotopic (exact) mass is 291 g/mol. The third-order valence-corrected chi connectivity index (χ3v) is 3.87. The molecule has 0 radical (unpaired) electrons. The highest BCUT2D eigenvalue weighted by atomic mass is 16.3. The van der Waals surface area contributed by atoms with Crippen LogP contribution in [0.2, 0.25) is 0 Å². The summed E-state index contributed by atoms with van der Waals surface area (Å²) in [6.45, 7) is 1.14. The van der Waals surface area contributed by atoms with E-state index in [2.05, 4.69) is 0 Å². The number of nitrogens with two attached hydrogens (primary N) is 1. The van der Waals surface area contributed by atoms with Crippen LogP contribution in [0, 0.1) is 0 Å². The predicted molar refractivity (Wildman–Crippen MR) is 82.8 cm³/mol. The first kappa shape index (κ1) is 15.9. The Morgan fingerprint density at radius 2 is 2.10 bits per heavy atom. The fourth-order valence-corrected chi connectivity index (χ4v) is 2.92. The van der Waals surface area contributed by atoms with Gasteiger partial charge >= 0.3 is 0 Å². The molecule has 1 aliphatic rings. The Kier molecular flexibility index (Phi) is 5.33. The van der Waals surface area contributed by atoms with E-state index < -0.39 is 12.1 Å². The van der Waals surface area contributed by atoms with Gasteiger partial charge in [0.2, 0.25) is 5.91 Å². The van der Waals surface area contributed by atoms with E-state index in [1.54, 1.807) is 4.90 Å². The minimum Gasteiger partial charge on any atom is -0.391 e. The molecule has 1 heterocycles. The lowest BCUT2D eigenvalue weighted by molar-refractivity contribution is -0.133. The van der Waals surface area contributed by atoms with Crippen molar-refractivity contribution in [1.29, 1.82) is 0 Å². The summed E-state index contributed by atoms with van der Waals surface area (Å²) in [5.41, 5.74) is 7.14. The van der Waals surface area contributed by atoms with Crippen LogP contribution < -0.4 is 5.73 Å². The van der Waals surface area contributed by atoms with Crippen molar-refractivity contribution in [2.24, 2.45) is 5.73 Å². The lowest BCUT2D eigenvalue weighted by Gasteiger charge is -2.29. The fraction of sp³-hybridized carbons (Fsp3) is 0.562. The van der Waals surface area contributed by atoms with E-state index in [1.165, 1.54) is 0 Å². The summed E-state index contributed by atoms with van der Waals surface area (Å²) in [4.78, 5) is 16.3. The van der Waals surface area contributed by atoms with Crippen molar-refractivity contribution in [3.63, 3.8) is 0 Å². The molecular weight excluding hydrogens is 266 g/mol. The first-order valence-electron chi connectivity index (χ1n) is 7.40. The van der Waals surface area contributed by atoms with Crippen molar-refractivity contribution < 1.29 is 9.90 Å². The van der Waals surface area contributed by atoms with Gasteiger partial charge in [0, 0.05) is 19.1 Å². The number of hydrogen-bond acceptors (Lipinski definition) is 4. The Morgan fingerprint density at radius 1 is 1.43 bits per heavy atom. The number of likely N-dealkylation sites (tertiary alicyclic amines) is 1. The fourth-order valence-electron chi connectivity index (χ4n) is 2.92. The maximum absolute atomic E-state index is 12.6. The molecule has 0 saturated carbocycles. The minimum absolute atomic E-state index is 0.0457. The number of nitrogens with zero attached hydrogens (tertiary/aromatic N) is 2. The summed E-state index contributed by atoms with van der Waals surface area (Å²) in [7, 11) is 3.94. The highest BCUT2D eigenvalue weighted by Gasteiger charge is 2.36. The van der Waals surface area contributed by atoms with E-state index in [4.69, 9.17) is 5.73 Å². The summed E-state index contributed by atoms with van der Waals surface area (Å²) >= 11 is 0. The van der Waals surface area contributed by atoms with Gasteiger partial charge in [-0.3, -0.25) is 4.79 Å². The third-order valence-electron chi connectivity index (χ3n) is 3.87. The molecule has 2 rings (SSSR count). The molecule has 5 nitrogen and oxygen atoms in total. The van der Waals surface area contributed by atoms with E-state index in [1.807, 2.05) is 49.3 Å². The Bertz CT molecular complexity index is 464. The van der Waals surface area contributed by atoms with Gasteiger partial charge in [-0.05, 0) is 32.5 Å². The third kappa shape index (κ3) is 4.27. The molecule has 3 atom stereocenters. The zero-order chi connectivity index (χ0) is 15.4. The number of amides is 1. The van der Waals surface area contributed by atoms with E-state index in [0.717, 1.165) is 12.1 Å². The van der Waals surface area contributed by atoms with Gasteiger partial charge in [-0.2, -0.15) is 0 Å². The lowest BCUT2D eigenvalue weighted by Crippen LogP contribution is -2.49. The van der Waals surface area contributed by atoms with E-state index in [9.17, 15) is 9.90 Å². The van der Waals surface area contributed by atoms with Crippen LogP contribution in [-0.2, 0) is 11.2 Å². The Labute approximate surface area is 126 Å². The van der Waals surface area contributed by atoms with Gasteiger partial charge in [-0.1, -0.05) is 30.3 Å². The average Bonchev–Trinajstić information content (AvgIpc) is 2.79. The van der Waals surface area contributed by atoms with Crippen molar-refractivity contribution in [3.8, 4) is 0 Å². The van der Waals surface area contributed by atoms with Crippen LogP contribution in [0.15, 0.2) is 30.3 Å². The molecule has 1 saturated heterocycles. The van der Waals surface area contributed by atoms with Crippen molar-refractivity contribution in [2.75, 3.05) is 27.2 Å². The molecule has 1 aliphatic heterocycles. The molecule has 0 bridgehead atoms. The number of benzene rings is 1. The number of carbonyl (C=O) groups excluding carboxylic acids is 1. The van der Waals surface area contributed by atoms with Crippen LogP contribution in [0.5, 0.6) is 0 Å². The van der Waals surface area contributed by atoms with Crippen molar-refractivity contribution >= 4 is 5.91 Å². The van der Waals surface area contributed by atoms with Gasteiger partial charge in [0.25, 0.3) is 0 Å². The molecule has 21 heavy (non-hydrogen) atoms. The molecule has 0 spiro atoms. The van der Waals surface area contributed by atoms with Crippen molar-refractivity contribution in [1.82, 2.24) is 9.80 Å². The number of likely N-dealkylation sites (N-methyl/N-ethyl adjacent to an activating group) is 1. The number of hydrogen-bond donors (Lipinski definition) is 2. The van der Waals surface area contributed by atoms with Crippen molar-refractivity contribution in [2.45, 2.75) is 31.0 Å². The maximum Gasteiger partial charge on any atom is 0.240 e. The number of carbonyl (C=O) groups is 1. The summed E-state index contributed by atoms with van der Waals surface area (Å²) in [5, 5.41) is 9.85. The second-order valence-electron chi connectivity index (χ2n) is 6.09. The number of rotatable bonds is 5.